The van der Waals surface area contributed by atoms with Crippen LogP contribution in [-0.2, 0) is 0 Å². The molecule has 1 fully saturated rings. The molecule has 0 heterocycles. The van der Waals surface area contributed by atoms with E-state index in [1.807, 2.05) is 0 Å². The highest BCUT2D eigenvalue weighted by Gasteiger charge is 2.41. The van der Waals surface area contributed by atoms with Gasteiger partial charge in [0.1, 0.15) is 0 Å². The van der Waals surface area contributed by atoms with E-state index in [2.05, 4.69) is 13.8 Å². The number of rotatable bonds is 2. The Kier molecular flexibility index (Phi) is 2.02. The van der Waals surface area contributed by atoms with Crippen LogP contribution in [0.5, 0.6) is 0 Å². The molecule has 0 aliphatic heterocycles. The molecule has 1 unspecified atom stereocenters. The number of aliphatic hydroxyl groups is 1. The second-order valence-corrected chi connectivity index (χ2v) is 3.73. The molecule has 0 amide bonds. The number of hydrogen-bond donors (Lipinski definition) is 2. The fraction of sp³-hybridized carbons (Fsp3) is 1.00. The van der Waals surface area contributed by atoms with Crippen molar-refractivity contribution in [3.8, 4) is 0 Å². The highest BCUT2D eigenvalue weighted by molar-refractivity contribution is 4.97. The summed E-state index contributed by atoms with van der Waals surface area (Å²) >= 11 is 0. The number of hydrogen-bond acceptors (Lipinski definition) is 2. The molecule has 0 bridgehead atoms. The Labute approximate surface area is 62.4 Å². The van der Waals surface area contributed by atoms with Gasteiger partial charge >= 0.3 is 0 Å². The van der Waals surface area contributed by atoms with Crippen molar-refractivity contribution < 1.29 is 5.11 Å². The molecule has 2 nitrogen and oxygen atoms in total. The van der Waals surface area contributed by atoms with Crippen LogP contribution >= 0.6 is 0 Å². The van der Waals surface area contributed by atoms with Gasteiger partial charge in [0.15, 0.2) is 0 Å². The molecule has 0 radical (unpaired) electrons. The SMILES string of the molecule is CC(C)C(N)C1(O)CCC1. The highest BCUT2D eigenvalue weighted by Crippen LogP contribution is 2.36. The Morgan fingerprint density at radius 3 is 2.00 bits per heavy atom. The van der Waals surface area contributed by atoms with Crippen LogP contribution in [-0.4, -0.2) is 16.7 Å². The molecule has 0 aromatic carbocycles. The van der Waals surface area contributed by atoms with E-state index in [1.54, 1.807) is 0 Å². The van der Waals surface area contributed by atoms with Gasteiger partial charge in [0.05, 0.1) is 5.60 Å². The Hall–Kier alpha value is -0.0800. The molecule has 1 aliphatic rings. The van der Waals surface area contributed by atoms with E-state index in [0.717, 1.165) is 19.3 Å². The maximum Gasteiger partial charge on any atom is 0.0800 e. The molecule has 1 atom stereocenters. The van der Waals surface area contributed by atoms with Gasteiger partial charge in [-0.2, -0.15) is 0 Å². The summed E-state index contributed by atoms with van der Waals surface area (Å²) in [5.41, 5.74) is 5.29. The molecule has 1 aliphatic carbocycles. The third-order valence-electron chi connectivity index (χ3n) is 2.56. The van der Waals surface area contributed by atoms with E-state index in [9.17, 15) is 5.11 Å². The summed E-state index contributed by atoms with van der Waals surface area (Å²) < 4.78 is 0. The molecule has 0 aromatic heterocycles. The lowest BCUT2D eigenvalue weighted by atomic mass is 9.72. The molecule has 0 spiro atoms. The molecule has 0 saturated heterocycles. The largest absolute Gasteiger partial charge is 0.388 e. The molecule has 1 saturated carbocycles. The predicted octanol–water partition coefficient (Wildman–Crippen LogP) is 0.885. The second kappa shape index (κ2) is 2.51. The molecule has 60 valence electrons. The van der Waals surface area contributed by atoms with Gasteiger partial charge in [0, 0.05) is 6.04 Å². The average Bonchev–Trinajstić information content (AvgIpc) is 1.81. The fourth-order valence-corrected chi connectivity index (χ4v) is 1.49. The molecular weight excluding hydrogens is 126 g/mol. The molecule has 1 rings (SSSR count). The minimum Gasteiger partial charge on any atom is -0.388 e. The second-order valence-electron chi connectivity index (χ2n) is 3.73. The first-order valence-corrected chi connectivity index (χ1v) is 4.04. The summed E-state index contributed by atoms with van der Waals surface area (Å²) in [6.07, 6.45) is 2.93. The average molecular weight is 143 g/mol. The topological polar surface area (TPSA) is 46.2 Å². The van der Waals surface area contributed by atoms with Crippen LogP contribution in [0.1, 0.15) is 33.1 Å². The maximum atomic E-state index is 9.72. The lowest BCUT2D eigenvalue weighted by molar-refractivity contribution is -0.0657. The molecule has 0 aromatic rings. The molecule has 2 heteroatoms. The van der Waals surface area contributed by atoms with Gasteiger partial charge in [0.25, 0.3) is 0 Å². The van der Waals surface area contributed by atoms with Gasteiger partial charge < -0.3 is 10.8 Å². The lowest BCUT2D eigenvalue weighted by Crippen LogP contribution is -2.55. The molecule has 3 N–H and O–H groups in total. The summed E-state index contributed by atoms with van der Waals surface area (Å²) in [5, 5.41) is 9.72. The van der Waals surface area contributed by atoms with Crippen LogP contribution in [0.2, 0.25) is 0 Å². The fourth-order valence-electron chi connectivity index (χ4n) is 1.49. The summed E-state index contributed by atoms with van der Waals surface area (Å²) in [4.78, 5) is 0. The standard InChI is InChI=1S/C8H17NO/c1-6(2)7(9)8(10)4-3-5-8/h6-7,10H,3-5,9H2,1-2H3. The minimum absolute atomic E-state index is 0.0266. The Bertz CT molecular complexity index is 118. The molecular formula is C8H17NO. The zero-order valence-corrected chi connectivity index (χ0v) is 6.80. The van der Waals surface area contributed by atoms with Crippen molar-refractivity contribution in [1.82, 2.24) is 0 Å². The van der Waals surface area contributed by atoms with Crippen LogP contribution in [0.15, 0.2) is 0 Å². The zero-order valence-electron chi connectivity index (χ0n) is 6.80. The minimum atomic E-state index is -0.520. The Morgan fingerprint density at radius 2 is 1.90 bits per heavy atom. The van der Waals surface area contributed by atoms with Gasteiger partial charge in [-0.3, -0.25) is 0 Å². The summed E-state index contributed by atoms with van der Waals surface area (Å²) in [5.74, 6) is 0.394. The van der Waals surface area contributed by atoms with Crippen LogP contribution in [0.4, 0.5) is 0 Å². The van der Waals surface area contributed by atoms with Gasteiger partial charge in [-0.1, -0.05) is 13.8 Å². The monoisotopic (exact) mass is 143 g/mol. The van der Waals surface area contributed by atoms with Crippen molar-refractivity contribution in [3.63, 3.8) is 0 Å². The van der Waals surface area contributed by atoms with Crippen LogP contribution in [0.25, 0.3) is 0 Å². The first kappa shape index (κ1) is 8.02. The van der Waals surface area contributed by atoms with E-state index in [4.69, 9.17) is 5.73 Å². The van der Waals surface area contributed by atoms with E-state index in [-0.39, 0.29) is 6.04 Å². The summed E-state index contributed by atoms with van der Waals surface area (Å²) in [6.45, 7) is 4.11. The quantitative estimate of drug-likeness (QED) is 0.603. The summed E-state index contributed by atoms with van der Waals surface area (Å²) in [7, 11) is 0. The lowest BCUT2D eigenvalue weighted by Gasteiger charge is -2.43. The van der Waals surface area contributed by atoms with Crippen molar-refractivity contribution in [2.75, 3.05) is 0 Å². The van der Waals surface area contributed by atoms with Gasteiger partial charge in [-0.25, -0.2) is 0 Å². The van der Waals surface area contributed by atoms with Crippen LogP contribution in [0.3, 0.4) is 0 Å². The van der Waals surface area contributed by atoms with Gasteiger partial charge in [0.2, 0.25) is 0 Å². The molecule has 10 heavy (non-hydrogen) atoms. The van der Waals surface area contributed by atoms with Crippen LogP contribution in [0, 0.1) is 5.92 Å². The van der Waals surface area contributed by atoms with Gasteiger partial charge in [-0.05, 0) is 25.2 Å². The van der Waals surface area contributed by atoms with E-state index < -0.39 is 5.60 Å². The van der Waals surface area contributed by atoms with E-state index in [0.29, 0.717) is 5.92 Å². The predicted molar refractivity (Wildman–Crippen MR) is 41.6 cm³/mol. The highest BCUT2D eigenvalue weighted by atomic mass is 16.3. The number of nitrogens with two attached hydrogens (primary N) is 1. The Morgan fingerprint density at radius 1 is 1.40 bits per heavy atom. The van der Waals surface area contributed by atoms with E-state index >= 15 is 0 Å². The van der Waals surface area contributed by atoms with Crippen molar-refractivity contribution >= 4 is 0 Å². The van der Waals surface area contributed by atoms with Crippen LogP contribution < -0.4 is 5.73 Å². The van der Waals surface area contributed by atoms with Crippen molar-refractivity contribution in [3.05, 3.63) is 0 Å². The zero-order chi connectivity index (χ0) is 7.78. The van der Waals surface area contributed by atoms with Crippen molar-refractivity contribution in [2.45, 2.75) is 44.8 Å². The maximum absolute atomic E-state index is 9.72. The van der Waals surface area contributed by atoms with Crippen molar-refractivity contribution in [2.24, 2.45) is 11.7 Å². The first-order chi connectivity index (χ1) is 4.56. The first-order valence-electron chi connectivity index (χ1n) is 4.04. The Balaban J connectivity index is 2.46. The third-order valence-corrected chi connectivity index (χ3v) is 2.56. The smallest absolute Gasteiger partial charge is 0.0800 e. The van der Waals surface area contributed by atoms with E-state index in [1.165, 1.54) is 0 Å². The van der Waals surface area contributed by atoms with Crippen molar-refractivity contribution in [1.29, 1.82) is 0 Å². The van der Waals surface area contributed by atoms with Gasteiger partial charge in [-0.15, -0.1) is 0 Å². The normalized spacial score (nSPS) is 26.1. The summed E-state index contributed by atoms with van der Waals surface area (Å²) in [6, 6.07) is -0.0266. The third kappa shape index (κ3) is 1.18.